The Hall–Kier alpha value is -1.07. The molecule has 4 nitrogen and oxygen atoms in total. The summed E-state index contributed by atoms with van der Waals surface area (Å²) < 4.78 is 6.60. The van der Waals surface area contributed by atoms with Crippen LogP contribution in [0.25, 0.3) is 0 Å². The number of hydrogen-bond donors (Lipinski definition) is 2. The number of hydrogen-bond acceptors (Lipinski definition) is 3. The molecule has 1 aromatic rings. The van der Waals surface area contributed by atoms with Gasteiger partial charge in [0, 0.05) is 22.1 Å². The van der Waals surface area contributed by atoms with Crippen molar-refractivity contribution in [1.29, 1.82) is 0 Å². The monoisotopic (exact) mass is 354 g/mol. The van der Waals surface area contributed by atoms with Gasteiger partial charge >= 0.3 is 0 Å². The maximum Gasteiger partial charge on any atom is 0.258 e. The molecule has 116 valence electrons. The molecule has 1 fully saturated rings. The molecule has 5 heteroatoms. The fraction of sp³-hybridized carbons (Fsp3) is 0.562. The molecule has 2 rings (SSSR count). The molecule has 0 radical (unpaired) electrons. The first-order chi connectivity index (χ1) is 10.1. The third-order valence-corrected chi connectivity index (χ3v) is 4.28. The summed E-state index contributed by atoms with van der Waals surface area (Å²) in [6.07, 6.45) is 5.84. The van der Waals surface area contributed by atoms with E-state index in [1.165, 1.54) is 19.3 Å². The van der Waals surface area contributed by atoms with E-state index in [0.29, 0.717) is 11.8 Å². The van der Waals surface area contributed by atoms with Gasteiger partial charge in [0.05, 0.1) is 0 Å². The highest BCUT2D eigenvalue weighted by atomic mass is 79.9. The molecule has 1 saturated carbocycles. The van der Waals surface area contributed by atoms with Gasteiger partial charge in [0.15, 0.2) is 6.61 Å². The molecule has 21 heavy (non-hydrogen) atoms. The van der Waals surface area contributed by atoms with Crippen molar-refractivity contribution in [2.45, 2.75) is 51.1 Å². The average molecular weight is 355 g/mol. The highest BCUT2D eigenvalue weighted by molar-refractivity contribution is 9.10. The number of rotatable bonds is 5. The number of carbonyl (C=O) groups excluding carboxylic acids is 1. The molecule has 0 bridgehead atoms. The minimum absolute atomic E-state index is 0.0395. The van der Waals surface area contributed by atoms with E-state index in [1.807, 2.05) is 25.1 Å². The third kappa shape index (κ3) is 5.00. The van der Waals surface area contributed by atoms with Crippen LogP contribution in [0.5, 0.6) is 5.75 Å². The second kappa shape index (κ2) is 7.80. The molecule has 1 aromatic carbocycles. The van der Waals surface area contributed by atoms with E-state index in [9.17, 15) is 4.79 Å². The van der Waals surface area contributed by atoms with Crippen LogP contribution in [0.4, 0.5) is 0 Å². The SMILES string of the molecule is C[C@H](N)c1cc(Br)ccc1OCC(=O)NC1CCCCC1. The fourth-order valence-electron chi connectivity index (χ4n) is 2.67. The molecule has 1 amide bonds. The lowest BCUT2D eigenvalue weighted by molar-refractivity contribution is -0.124. The van der Waals surface area contributed by atoms with Crippen LogP contribution >= 0.6 is 15.9 Å². The van der Waals surface area contributed by atoms with Crippen LogP contribution in [0.1, 0.15) is 50.6 Å². The van der Waals surface area contributed by atoms with E-state index in [0.717, 1.165) is 22.9 Å². The van der Waals surface area contributed by atoms with E-state index in [1.54, 1.807) is 0 Å². The van der Waals surface area contributed by atoms with E-state index < -0.39 is 0 Å². The zero-order valence-electron chi connectivity index (χ0n) is 12.4. The van der Waals surface area contributed by atoms with Crippen molar-refractivity contribution in [3.8, 4) is 5.75 Å². The first-order valence-corrected chi connectivity index (χ1v) is 8.33. The number of benzene rings is 1. The number of carbonyl (C=O) groups is 1. The summed E-state index contributed by atoms with van der Waals surface area (Å²) in [6.45, 7) is 1.94. The molecule has 0 heterocycles. The molecule has 1 aliphatic rings. The van der Waals surface area contributed by atoms with Gasteiger partial charge in [-0.15, -0.1) is 0 Å². The summed E-state index contributed by atoms with van der Waals surface area (Å²) >= 11 is 3.42. The van der Waals surface area contributed by atoms with Gasteiger partial charge in [0.25, 0.3) is 5.91 Å². The first-order valence-electron chi connectivity index (χ1n) is 7.53. The zero-order chi connectivity index (χ0) is 15.2. The summed E-state index contributed by atoms with van der Waals surface area (Å²) in [5.74, 6) is 0.618. The van der Waals surface area contributed by atoms with Crippen molar-refractivity contribution in [3.63, 3.8) is 0 Å². The predicted molar refractivity (Wildman–Crippen MR) is 87.3 cm³/mol. The maximum absolute atomic E-state index is 12.0. The Balaban J connectivity index is 1.88. The standard InChI is InChI=1S/C16H23BrN2O2/c1-11(18)14-9-12(17)7-8-15(14)21-10-16(20)19-13-5-3-2-4-6-13/h7-9,11,13H,2-6,10,18H2,1H3,(H,19,20)/t11-/m0/s1. The van der Waals surface area contributed by atoms with Gasteiger partial charge in [0.2, 0.25) is 0 Å². The van der Waals surface area contributed by atoms with Crippen LogP contribution in [-0.2, 0) is 4.79 Å². The minimum Gasteiger partial charge on any atom is -0.483 e. The topological polar surface area (TPSA) is 64.3 Å². The normalized spacial score (nSPS) is 17.3. The van der Waals surface area contributed by atoms with Gasteiger partial charge in [-0.2, -0.15) is 0 Å². The van der Waals surface area contributed by atoms with Gasteiger partial charge in [-0.3, -0.25) is 4.79 Å². The molecule has 0 spiro atoms. The zero-order valence-corrected chi connectivity index (χ0v) is 14.0. The number of nitrogens with one attached hydrogen (secondary N) is 1. The van der Waals surface area contributed by atoms with Crippen molar-refractivity contribution in [3.05, 3.63) is 28.2 Å². The van der Waals surface area contributed by atoms with E-state index >= 15 is 0 Å². The molecule has 3 N–H and O–H groups in total. The fourth-order valence-corrected chi connectivity index (χ4v) is 3.04. The Kier molecular flexibility index (Phi) is 6.06. The molecule has 1 atom stereocenters. The number of amides is 1. The minimum atomic E-state index is -0.140. The molecule has 0 aliphatic heterocycles. The third-order valence-electron chi connectivity index (χ3n) is 3.79. The number of halogens is 1. The predicted octanol–water partition coefficient (Wildman–Crippen LogP) is 3.30. The Morgan fingerprint density at radius 1 is 1.43 bits per heavy atom. The van der Waals surface area contributed by atoms with Gasteiger partial charge in [-0.1, -0.05) is 35.2 Å². The summed E-state index contributed by atoms with van der Waals surface area (Å²) in [4.78, 5) is 12.0. The smallest absolute Gasteiger partial charge is 0.258 e. The number of nitrogens with two attached hydrogens (primary N) is 1. The Morgan fingerprint density at radius 2 is 2.14 bits per heavy atom. The molecule has 0 saturated heterocycles. The Labute approximate surface area is 134 Å². The van der Waals surface area contributed by atoms with Gasteiger partial charge in [-0.25, -0.2) is 0 Å². The highest BCUT2D eigenvalue weighted by Gasteiger charge is 2.16. The molecule has 0 unspecified atom stereocenters. The van der Waals surface area contributed by atoms with Crippen LogP contribution in [0.2, 0.25) is 0 Å². The van der Waals surface area contributed by atoms with Crippen molar-refractivity contribution in [2.24, 2.45) is 5.73 Å². The lowest BCUT2D eigenvalue weighted by Crippen LogP contribution is -2.39. The van der Waals surface area contributed by atoms with Crippen molar-refractivity contribution < 1.29 is 9.53 Å². The van der Waals surface area contributed by atoms with Crippen LogP contribution in [0, 0.1) is 0 Å². The Bertz CT molecular complexity index is 485. The first kappa shape index (κ1) is 16.3. The highest BCUT2D eigenvalue weighted by Crippen LogP contribution is 2.27. The van der Waals surface area contributed by atoms with E-state index in [2.05, 4.69) is 21.2 Å². The quantitative estimate of drug-likeness (QED) is 0.852. The van der Waals surface area contributed by atoms with Gasteiger partial charge in [-0.05, 0) is 38.0 Å². The van der Waals surface area contributed by atoms with Gasteiger partial charge < -0.3 is 15.8 Å². The number of ether oxygens (including phenoxy) is 1. The largest absolute Gasteiger partial charge is 0.483 e. The van der Waals surface area contributed by atoms with E-state index in [4.69, 9.17) is 10.5 Å². The van der Waals surface area contributed by atoms with Gasteiger partial charge in [0.1, 0.15) is 5.75 Å². The lowest BCUT2D eigenvalue weighted by atomic mass is 9.95. The van der Waals surface area contributed by atoms with Crippen LogP contribution < -0.4 is 15.8 Å². The van der Waals surface area contributed by atoms with Crippen molar-refractivity contribution >= 4 is 21.8 Å². The summed E-state index contributed by atoms with van der Waals surface area (Å²) in [5, 5.41) is 3.04. The van der Waals surface area contributed by atoms with Crippen LogP contribution in [0.3, 0.4) is 0 Å². The van der Waals surface area contributed by atoms with E-state index in [-0.39, 0.29) is 18.6 Å². The maximum atomic E-state index is 12.0. The average Bonchev–Trinajstić information content (AvgIpc) is 2.47. The summed E-state index contributed by atoms with van der Waals surface area (Å²) in [7, 11) is 0. The van der Waals surface area contributed by atoms with Crippen LogP contribution in [-0.4, -0.2) is 18.6 Å². The molecular weight excluding hydrogens is 332 g/mol. The van der Waals surface area contributed by atoms with Crippen LogP contribution in [0.15, 0.2) is 22.7 Å². The summed E-state index contributed by atoms with van der Waals surface area (Å²) in [6, 6.07) is 5.84. The molecule has 1 aliphatic carbocycles. The second-order valence-electron chi connectivity index (χ2n) is 5.66. The van der Waals surface area contributed by atoms with Crippen molar-refractivity contribution in [2.75, 3.05) is 6.61 Å². The summed E-state index contributed by atoms with van der Waals surface area (Å²) in [5.41, 5.74) is 6.84. The second-order valence-corrected chi connectivity index (χ2v) is 6.58. The molecule has 0 aromatic heterocycles. The Morgan fingerprint density at radius 3 is 2.81 bits per heavy atom. The van der Waals surface area contributed by atoms with Crippen molar-refractivity contribution in [1.82, 2.24) is 5.32 Å². The molecular formula is C16H23BrN2O2. The lowest BCUT2D eigenvalue weighted by Gasteiger charge is -2.23.